The third-order valence-electron chi connectivity index (χ3n) is 4.71. The summed E-state index contributed by atoms with van der Waals surface area (Å²) in [5.74, 6) is 1.71. The van der Waals surface area contributed by atoms with E-state index in [1.807, 2.05) is 31.1 Å². The van der Waals surface area contributed by atoms with Crippen LogP contribution in [0.4, 0.5) is 5.69 Å². The van der Waals surface area contributed by atoms with Crippen molar-refractivity contribution in [1.82, 2.24) is 10.2 Å². The third kappa shape index (κ3) is 9.35. The summed E-state index contributed by atoms with van der Waals surface area (Å²) in [6.07, 6.45) is 2.85. The average Bonchev–Trinajstić information content (AvgIpc) is 2.57. The Morgan fingerprint density at radius 2 is 2.00 bits per heavy atom. The Balaban J connectivity index is 0.00000338. The van der Waals surface area contributed by atoms with E-state index in [2.05, 4.69) is 17.6 Å². The van der Waals surface area contributed by atoms with E-state index in [-0.39, 0.29) is 30.7 Å². The fourth-order valence-corrected chi connectivity index (χ4v) is 3.35. The second-order valence-electron chi connectivity index (χ2n) is 7.11. The predicted molar refractivity (Wildman–Crippen MR) is 118 cm³/mol. The number of carbonyl (C=O) groups is 1. The monoisotopic (exact) mass is 439 g/mol. The fourth-order valence-electron chi connectivity index (χ4n) is 3.12. The zero-order valence-electron chi connectivity index (χ0n) is 16.3. The van der Waals surface area contributed by atoms with E-state index in [0.29, 0.717) is 41.3 Å². The summed E-state index contributed by atoms with van der Waals surface area (Å²) in [4.78, 5) is 14.3. The van der Waals surface area contributed by atoms with Crippen LogP contribution in [0.1, 0.15) is 26.2 Å². The van der Waals surface area contributed by atoms with Gasteiger partial charge in [-0.1, -0.05) is 18.5 Å². The van der Waals surface area contributed by atoms with Gasteiger partial charge in [0.1, 0.15) is 12.4 Å². The normalized spacial score (nSPS) is 15.4. The van der Waals surface area contributed by atoms with E-state index in [9.17, 15) is 4.79 Å². The van der Waals surface area contributed by atoms with Crippen LogP contribution in [0.3, 0.4) is 0 Å². The minimum absolute atomic E-state index is 0. The number of hydrogen-bond acceptors (Lipinski definition) is 4. The molecule has 0 radical (unpaired) electrons. The predicted octanol–water partition coefficient (Wildman–Crippen LogP) is 4.09. The number of likely N-dealkylation sites (N-methyl/N-ethyl adjacent to an activating group) is 1. The molecule has 2 rings (SSSR count). The molecule has 156 valence electrons. The number of piperidine rings is 1. The number of amides is 1. The molecule has 1 heterocycles. The maximum atomic E-state index is 12.3. The number of benzene rings is 1. The number of carbonyl (C=O) groups excluding carboxylic acids is 1. The van der Waals surface area contributed by atoms with E-state index in [0.717, 1.165) is 32.5 Å². The van der Waals surface area contributed by atoms with E-state index < -0.39 is 0 Å². The molecule has 1 fully saturated rings. The first-order valence-electron chi connectivity index (χ1n) is 9.03. The molecular weight excluding hydrogens is 409 g/mol. The molecule has 1 saturated heterocycles. The largest absolute Gasteiger partial charge is 0.491 e. The SMILES string of the molecule is CC(CC(=O)Nc1ccc(OCCN(C)C)c(Cl)c1)C1CCNCC1.Cl.Cl. The summed E-state index contributed by atoms with van der Waals surface area (Å²) in [7, 11) is 3.99. The summed E-state index contributed by atoms with van der Waals surface area (Å²) in [5, 5.41) is 6.83. The minimum Gasteiger partial charge on any atom is -0.491 e. The number of halogens is 3. The molecule has 0 saturated carbocycles. The lowest BCUT2D eigenvalue weighted by Crippen LogP contribution is -2.32. The van der Waals surface area contributed by atoms with Crippen LogP contribution in [0.2, 0.25) is 5.02 Å². The van der Waals surface area contributed by atoms with Crippen molar-refractivity contribution < 1.29 is 9.53 Å². The molecule has 0 bridgehead atoms. The molecule has 5 nitrogen and oxygen atoms in total. The van der Waals surface area contributed by atoms with Gasteiger partial charge in [-0.15, -0.1) is 24.8 Å². The Kier molecular flexibility index (Phi) is 13.1. The van der Waals surface area contributed by atoms with Gasteiger partial charge in [0.05, 0.1) is 5.02 Å². The Bertz CT molecular complexity index is 567. The standard InChI is InChI=1S/C19H30ClN3O2.2ClH/c1-14(15-6-8-21-9-7-15)12-19(24)22-16-4-5-18(17(20)13-16)25-11-10-23(2)3;;/h4-5,13-15,21H,6-12H2,1-3H3,(H,22,24);2*1H. The van der Waals surface area contributed by atoms with Gasteiger partial charge in [0.15, 0.2) is 0 Å². The highest BCUT2D eigenvalue weighted by atomic mass is 35.5. The molecule has 1 unspecified atom stereocenters. The molecule has 0 aromatic heterocycles. The van der Waals surface area contributed by atoms with Crippen molar-refractivity contribution in [1.29, 1.82) is 0 Å². The Morgan fingerprint density at radius 3 is 2.59 bits per heavy atom. The van der Waals surface area contributed by atoms with E-state index in [4.69, 9.17) is 16.3 Å². The lowest BCUT2D eigenvalue weighted by atomic mass is 9.84. The van der Waals surface area contributed by atoms with Crippen molar-refractivity contribution in [2.45, 2.75) is 26.2 Å². The molecule has 1 aromatic carbocycles. The van der Waals surface area contributed by atoms with Crippen LogP contribution in [0.15, 0.2) is 18.2 Å². The second kappa shape index (κ2) is 13.5. The van der Waals surface area contributed by atoms with E-state index in [1.54, 1.807) is 6.07 Å². The van der Waals surface area contributed by atoms with E-state index in [1.165, 1.54) is 0 Å². The van der Waals surface area contributed by atoms with Crippen molar-refractivity contribution in [3.63, 3.8) is 0 Å². The average molecular weight is 441 g/mol. The van der Waals surface area contributed by atoms with Crippen molar-refractivity contribution in [3.05, 3.63) is 23.2 Å². The molecule has 0 aliphatic carbocycles. The van der Waals surface area contributed by atoms with Gasteiger partial charge >= 0.3 is 0 Å². The van der Waals surface area contributed by atoms with Crippen molar-refractivity contribution >= 4 is 48.0 Å². The van der Waals surface area contributed by atoms with Crippen LogP contribution >= 0.6 is 36.4 Å². The number of ether oxygens (including phenoxy) is 1. The van der Waals surface area contributed by atoms with Gasteiger partial charge in [0.2, 0.25) is 5.91 Å². The summed E-state index contributed by atoms with van der Waals surface area (Å²) in [6, 6.07) is 5.40. The van der Waals surface area contributed by atoms with Crippen LogP contribution in [0.5, 0.6) is 5.75 Å². The molecule has 1 aliphatic rings. The van der Waals surface area contributed by atoms with Crippen LogP contribution in [0.25, 0.3) is 0 Å². The van der Waals surface area contributed by atoms with Crippen molar-refractivity contribution in [2.24, 2.45) is 11.8 Å². The Morgan fingerprint density at radius 1 is 1.33 bits per heavy atom. The molecule has 1 atom stereocenters. The molecule has 1 aliphatic heterocycles. The van der Waals surface area contributed by atoms with Gasteiger partial charge in [-0.3, -0.25) is 4.79 Å². The third-order valence-corrected chi connectivity index (χ3v) is 5.00. The quantitative estimate of drug-likeness (QED) is 0.639. The fraction of sp³-hybridized carbons (Fsp3) is 0.632. The van der Waals surface area contributed by atoms with Gasteiger partial charge < -0.3 is 20.3 Å². The first kappa shape index (κ1) is 26.3. The highest BCUT2D eigenvalue weighted by Gasteiger charge is 2.22. The first-order valence-corrected chi connectivity index (χ1v) is 9.41. The number of rotatable bonds is 8. The summed E-state index contributed by atoms with van der Waals surface area (Å²) < 4.78 is 5.66. The maximum Gasteiger partial charge on any atom is 0.224 e. The second-order valence-corrected chi connectivity index (χ2v) is 7.52. The lowest BCUT2D eigenvalue weighted by Gasteiger charge is -2.27. The molecule has 0 spiro atoms. The van der Waals surface area contributed by atoms with E-state index >= 15 is 0 Å². The Labute approximate surface area is 180 Å². The number of nitrogens with zero attached hydrogens (tertiary/aromatic N) is 1. The van der Waals surface area contributed by atoms with Gasteiger partial charge in [-0.25, -0.2) is 0 Å². The van der Waals surface area contributed by atoms with Crippen LogP contribution in [0, 0.1) is 11.8 Å². The zero-order valence-corrected chi connectivity index (χ0v) is 18.7. The lowest BCUT2D eigenvalue weighted by molar-refractivity contribution is -0.117. The first-order chi connectivity index (χ1) is 12.0. The van der Waals surface area contributed by atoms with Gasteiger partial charge in [-0.2, -0.15) is 0 Å². The van der Waals surface area contributed by atoms with Crippen LogP contribution in [-0.2, 0) is 4.79 Å². The van der Waals surface area contributed by atoms with Gasteiger partial charge in [0, 0.05) is 18.7 Å². The number of anilines is 1. The molecule has 2 N–H and O–H groups in total. The summed E-state index contributed by atoms with van der Waals surface area (Å²) >= 11 is 6.26. The topological polar surface area (TPSA) is 53.6 Å². The summed E-state index contributed by atoms with van der Waals surface area (Å²) in [5.41, 5.74) is 0.715. The molecule has 1 amide bonds. The number of hydrogen-bond donors (Lipinski definition) is 2. The molecule has 27 heavy (non-hydrogen) atoms. The van der Waals surface area contributed by atoms with Crippen molar-refractivity contribution in [3.8, 4) is 5.75 Å². The van der Waals surface area contributed by atoms with Crippen LogP contribution < -0.4 is 15.4 Å². The maximum absolute atomic E-state index is 12.3. The summed E-state index contributed by atoms with van der Waals surface area (Å²) in [6.45, 7) is 5.68. The molecule has 8 heteroatoms. The minimum atomic E-state index is 0. The van der Waals surface area contributed by atoms with Crippen molar-refractivity contribution in [2.75, 3.05) is 45.7 Å². The zero-order chi connectivity index (χ0) is 18.2. The molecular formula is C19H32Cl3N3O2. The Hall–Kier alpha value is -0.720. The van der Waals surface area contributed by atoms with Gasteiger partial charge in [-0.05, 0) is 70.1 Å². The highest BCUT2D eigenvalue weighted by molar-refractivity contribution is 6.32. The van der Waals surface area contributed by atoms with Gasteiger partial charge in [0.25, 0.3) is 0 Å². The molecule has 1 aromatic rings. The van der Waals surface area contributed by atoms with Crippen LogP contribution in [-0.4, -0.2) is 51.1 Å². The number of nitrogens with one attached hydrogen (secondary N) is 2. The smallest absolute Gasteiger partial charge is 0.224 e. The highest BCUT2D eigenvalue weighted by Crippen LogP contribution is 2.29.